The maximum absolute atomic E-state index is 13.3. The Morgan fingerprint density at radius 2 is 1.89 bits per heavy atom. The second-order valence-corrected chi connectivity index (χ2v) is 5.04. The van der Waals surface area contributed by atoms with Gasteiger partial charge in [0.1, 0.15) is 0 Å². The summed E-state index contributed by atoms with van der Waals surface area (Å²) in [6, 6.07) is 2.75. The monoisotopic (exact) mass is 272 g/mol. The van der Waals surface area contributed by atoms with Crippen molar-refractivity contribution in [2.45, 2.75) is 38.8 Å². The van der Waals surface area contributed by atoms with Crippen LogP contribution < -0.4 is 10.2 Å². The van der Waals surface area contributed by atoms with Gasteiger partial charge in [-0.1, -0.05) is 6.92 Å². The quantitative estimate of drug-likeness (QED) is 0.851. The molecule has 2 rings (SSSR count). The summed E-state index contributed by atoms with van der Waals surface area (Å²) in [6.45, 7) is 5.70. The third-order valence-corrected chi connectivity index (χ3v) is 3.67. The maximum atomic E-state index is 13.3. The Labute approximate surface area is 111 Å². The van der Waals surface area contributed by atoms with Crippen molar-refractivity contribution in [2.24, 2.45) is 0 Å². The molecule has 2 nitrogen and oxygen atoms in total. The average Bonchev–Trinajstić information content (AvgIpc) is 2.36. The van der Waals surface area contributed by atoms with Crippen molar-refractivity contribution in [3.05, 3.63) is 29.6 Å². The summed E-state index contributed by atoms with van der Waals surface area (Å²) in [5, 5.41) is 3.38. The molecule has 0 spiro atoms. The van der Waals surface area contributed by atoms with Crippen LogP contribution in [-0.4, -0.2) is 25.2 Å². The van der Waals surface area contributed by atoms with E-state index in [1.54, 1.807) is 0 Å². The molecular weight excluding hydrogens is 253 g/mol. The summed E-state index contributed by atoms with van der Waals surface area (Å²) in [5.41, 5.74) is 0.416. The molecule has 106 valence electrons. The standard InChI is InChI=1S/C14H19F3N2/c1-3-18-10-4-5-19(9(2)6-10)11-7-12(15)14(17)13(16)8-11/h7-10,18H,3-6H2,1-2H3. The van der Waals surface area contributed by atoms with Crippen molar-refractivity contribution in [1.82, 2.24) is 5.32 Å². The number of nitrogens with one attached hydrogen (secondary N) is 1. The molecule has 2 unspecified atom stereocenters. The van der Waals surface area contributed by atoms with Gasteiger partial charge >= 0.3 is 0 Å². The number of hydrogen-bond acceptors (Lipinski definition) is 2. The number of benzene rings is 1. The lowest BCUT2D eigenvalue weighted by molar-refractivity contribution is 0.372. The summed E-state index contributed by atoms with van der Waals surface area (Å²) < 4.78 is 39.5. The highest BCUT2D eigenvalue weighted by atomic mass is 19.2. The van der Waals surface area contributed by atoms with E-state index in [2.05, 4.69) is 12.2 Å². The average molecular weight is 272 g/mol. The van der Waals surface area contributed by atoms with Gasteiger partial charge in [0.2, 0.25) is 0 Å². The van der Waals surface area contributed by atoms with E-state index >= 15 is 0 Å². The third kappa shape index (κ3) is 3.03. The van der Waals surface area contributed by atoms with Gasteiger partial charge in [-0.25, -0.2) is 13.2 Å². The molecular formula is C14H19F3N2. The first-order chi connectivity index (χ1) is 9.02. The van der Waals surface area contributed by atoms with Gasteiger partial charge in [0.15, 0.2) is 17.5 Å². The van der Waals surface area contributed by atoms with Crippen LogP contribution in [0, 0.1) is 17.5 Å². The fraction of sp³-hybridized carbons (Fsp3) is 0.571. The number of nitrogens with zero attached hydrogens (tertiary/aromatic N) is 1. The van der Waals surface area contributed by atoms with Gasteiger partial charge in [0, 0.05) is 36.4 Å². The molecule has 2 atom stereocenters. The van der Waals surface area contributed by atoms with Crippen LogP contribution in [0.25, 0.3) is 0 Å². The van der Waals surface area contributed by atoms with Crippen molar-refractivity contribution < 1.29 is 13.2 Å². The highest BCUT2D eigenvalue weighted by Gasteiger charge is 2.26. The number of piperidine rings is 1. The zero-order chi connectivity index (χ0) is 14.0. The van der Waals surface area contributed by atoms with Crippen molar-refractivity contribution >= 4 is 5.69 Å². The molecule has 1 N–H and O–H groups in total. The minimum atomic E-state index is -1.40. The first kappa shape index (κ1) is 14.2. The first-order valence-electron chi connectivity index (χ1n) is 6.67. The lowest BCUT2D eigenvalue weighted by Gasteiger charge is -2.39. The van der Waals surface area contributed by atoms with E-state index in [1.807, 2.05) is 11.8 Å². The molecule has 1 aliphatic rings. The zero-order valence-corrected chi connectivity index (χ0v) is 11.2. The van der Waals surface area contributed by atoms with Crippen LogP contribution in [0.4, 0.5) is 18.9 Å². The lowest BCUT2D eigenvalue weighted by Crippen LogP contribution is -2.47. The topological polar surface area (TPSA) is 15.3 Å². The molecule has 1 heterocycles. The van der Waals surface area contributed by atoms with Crippen molar-refractivity contribution in [3.8, 4) is 0 Å². The molecule has 1 aromatic carbocycles. The van der Waals surface area contributed by atoms with E-state index < -0.39 is 17.5 Å². The fourth-order valence-corrected chi connectivity index (χ4v) is 2.74. The third-order valence-electron chi connectivity index (χ3n) is 3.67. The molecule has 1 aromatic rings. The molecule has 0 saturated carbocycles. The van der Waals surface area contributed by atoms with Crippen molar-refractivity contribution in [1.29, 1.82) is 0 Å². The van der Waals surface area contributed by atoms with E-state index in [0.29, 0.717) is 18.3 Å². The first-order valence-corrected chi connectivity index (χ1v) is 6.67. The van der Waals surface area contributed by atoms with Gasteiger partial charge in [0.25, 0.3) is 0 Å². The predicted octanol–water partition coefficient (Wildman–Crippen LogP) is 3.07. The summed E-state index contributed by atoms with van der Waals surface area (Å²) in [6.07, 6.45) is 1.83. The van der Waals surface area contributed by atoms with Gasteiger partial charge in [-0.15, -0.1) is 0 Å². The van der Waals surface area contributed by atoms with E-state index in [9.17, 15) is 13.2 Å². The van der Waals surface area contributed by atoms with Crippen LogP contribution in [0.3, 0.4) is 0 Å². The molecule has 1 saturated heterocycles. The molecule has 0 aromatic heterocycles. The Morgan fingerprint density at radius 3 is 2.42 bits per heavy atom. The SMILES string of the molecule is CCNC1CCN(c2cc(F)c(F)c(F)c2)C(C)C1. The van der Waals surface area contributed by atoms with Gasteiger partial charge < -0.3 is 10.2 Å². The predicted molar refractivity (Wildman–Crippen MR) is 69.8 cm³/mol. The van der Waals surface area contributed by atoms with E-state index in [0.717, 1.165) is 31.5 Å². The summed E-state index contributed by atoms with van der Waals surface area (Å²) >= 11 is 0. The Hall–Kier alpha value is -1.23. The molecule has 0 radical (unpaired) electrons. The summed E-state index contributed by atoms with van der Waals surface area (Å²) in [7, 11) is 0. The number of anilines is 1. The molecule has 0 amide bonds. The Kier molecular flexibility index (Phi) is 4.34. The van der Waals surface area contributed by atoms with Crippen LogP contribution in [0.5, 0.6) is 0 Å². The normalized spacial score (nSPS) is 23.7. The van der Waals surface area contributed by atoms with Gasteiger partial charge in [0.05, 0.1) is 0 Å². The smallest absolute Gasteiger partial charge is 0.194 e. The molecule has 0 bridgehead atoms. The Morgan fingerprint density at radius 1 is 1.26 bits per heavy atom. The molecule has 19 heavy (non-hydrogen) atoms. The van der Waals surface area contributed by atoms with Crippen molar-refractivity contribution in [3.63, 3.8) is 0 Å². The minimum Gasteiger partial charge on any atom is -0.369 e. The van der Waals surface area contributed by atoms with E-state index in [-0.39, 0.29) is 6.04 Å². The maximum Gasteiger partial charge on any atom is 0.194 e. The zero-order valence-electron chi connectivity index (χ0n) is 11.2. The van der Waals surface area contributed by atoms with Gasteiger partial charge in [-0.3, -0.25) is 0 Å². The molecule has 0 aliphatic carbocycles. The molecule has 1 aliphatic heterocycles. The van der Waals surface area contributed by atoms with Gasteiger partial charge in [-0.05, 0) is 26.3 Å². The molecule has 1 fully saturated rings. The van der Waals surface area contributed by atoms with Crippen LogP contribution >= 0.6 is 0 Å². The van der Waals surface area contributed by atoms with Crippen LogP contribution in [0.2, 0.25) is 0 Å². The second-order valence-electron chi connectivity index (χ2n) is 5.04. The molecule has 5 heteroatoms. The Balaban J connectivity index is 2.15. The number of rotatable bonds is 3. The summed E-state index contributed by atoms with van der Waals surface area (Å²) in [5.74, 6) is -3.66. The number of hydrogen-bond donors (Lipinski definition) is 1. The van der Waals surface area contributed by atoms with Gasteiger partial charge in [-0.2, -0.15) is 0 Å². The minimum absolute atomic E-state index is 0.169. The van der Waals surface area contributed by atoms with Crippen LogP contribution in [0.1, 0.15) is 26.7 Å². The lowest BCUT2D eigenvalue weighted by atomic mass is 9.97. The Bertz CT molecular complexity index is 427. The van der Waals surface area contributed by atoms with E-state index in [1.165, 1.54) is 0 Å². The highest BCUT2D eigenvalue weighted by Crippen LogP contribution is 2.27. The highest BCUT2D eigenvalue weighted by molar-refractivity contribution is 5.48. The van der Waals surface area contributed by atoms with Crippen LogP contribution in [-0.2, 0) is 0 Å². The summed E-state index contributed by atoms with van der Waals surface area (Å²) in [4.78, 5) is 1.93. The van der Waals surface area contributed by atoms with E-state index in [4.69, 9.17) is 0 Å². The number of halogens is 3. The van der Waals surface area contributed by atoms with Crippen LogP contribution in [0.15, 0.2) is 12.1 Å². The fourth-order valence-electron chi connectivity index (χ4n) is 2.74. The van der Waals surface area contributed by atoms with Crippen molar-refractivity contribution in [2.75, 3.05) is 18.0 Å². The second kappa shape index (κ2) is 5.82. The largest absolute Gasteiger partial charge is 0.369 e.